The summed E-state index contributed by atoms with van der Waals surface area (Å²) in [6.07, 6.45) is 11.9. The maximum atomic E-state index is 10.5. The Balaban J connectivity index is 1.70. The van der Waals surface area contributed by atoms with Crippen LogP contribution in [0.15, 0.2) is 0 Å². The Labute approximate surface area is 129 Å². The molecule has 2 atom stereocenters. The van der Waals surface area contributed by atoms with Crippen LogP contribution in [0.2, 0.25) is 0 Å². The van der Waals surface area contributed by atoms with Crippen molar-refractivity contribution in [3.05, 3.63) is 0 Å². The molecule has 2 rings (SSSR count). The number of aliphatic hydroxyl groups is 1. The standard InChI is InChI=1S/C17H32O2S/c1-2-3-4-5-6-7-16(18)15-8-11-19-17(14-15)9-12-20-13-10-17/h15-16,18H,2-14H2,1H3. The molecule has 2 nitrogen and oxygen atoms in total. The van der Waals surface area contributed by atoms with Crippen molar-refractivity contribution >= 4 is 11.8 Å². The molecule has 2 heterocycles. The third-order valence-electron chi connectivity index (χ3n) is 5.08. The largest absolute Gasteiger partial charge is 0.393 e. The molecule has 0 aliphatic carbocycles. The van der Waals surface area contributed by atoms with Gasteiger partial charge in [-0.15, -0.1) is 0 Å². The van der Waals surface area contributed by atoms with E-state index in [2.05, 4.69) is 18.7 Å². The molecule has 118 valence electrons. The van der Waals surface area contributed by atoms with Crippen LogP contribution in [-0.4, -0.2) is 34.9 Å². The van der Waals surface area contributed by atoms with Crippen LogP contribution in [0.1, 0.15) is 71.1 Å². The first-order valence-electron chi connectivity index (χ1n) is 8.65. The molecular weight excluding hydrogens is 268 g/mol. The van der Waals surface area contributed by atoms with Crippen LogP contribution in [0.5, 0.6) is 0 Å². The molecule has 0 saturated carbocycles. The summed E-state index contributed by atoms with van der Waals surface area (Å²) < 4.78 is 6.12. The molecule has 2 saturated heterocycles. The lowest BCUT2D eigenvalue weighted by molar-refractivity contribution is -0.121. The first-order valence-corrected chi connectivity index (χ1v) is 9.81. The fourth-order valence-electron chi connectivity index (χ4n) is 3.68. The summed E-state index contributed by atoms with van der Waals surface area (Å²) in [6, 6.07) is 0. The molecule has 0 radical (unpaired) electrons. The average molecular weight is 301 g/mol. The van der Waals surface area contributed by atoms with Gasteiger partial charge in [-0.25, -0.2) is 0 Å². The van der Waals surface area contributed by atoms with Gasteiger partial charge in [-0.2, -0.15) is 11.8 Å². The van der Waals surface area contributed by atoms with Crippen molar-refractivity contribution in [3.63, 3.8) is 0 Å². The monoisotopic (exact) mass is 300 g/mol. The number of aliphatic hydroxyl groups excluding tert-OH is 1. The van der Waals surface area contributed by atoms with Crippen molar-refractivity contribution in [1.29, 1.82) is 0 Å². The van der Waals surface area contributed by atoms with E-state index in [0.29, 0.717) is 5.92 Å². The molecular formula is C17H32O2S. The molecule has 2 aliphatic heterocycles. The van der Waals surface area contributed by atoms with Crippen molar-refractivity contribution < 1.29 is 9.84 Å². The highest BCUT2D eigenvalue weighted by molar-refractivity contribution is 7.99. The Morgan fingerprint density at radius 2 is 1.95 bits per heavy atom. The third kappa shape index (κ3) is 4.92. The van der Waals surface area contributed by atoms with Crippen molar-refractivity contribution in [1.82, 2.24) is 0 Å². The average Bonchev–Trinajstić information content (AvgIpc) is 2.48. The van der Waals surface area contributed by atoms with Gasteiger partial charge in [-0.3, -0.25) is 0 Å². The molecule has 1 N–H and O–H groups in total. The smallest absolute Gasteiger partial charge is 0.0701 e. The van der Waals surface area contributed by atoms with Crippen LogP contribution in [0, 0.1) is 5.92 Å². The van der Waals surface area contributed by atoms with E-state index >= 15 is 0 Å². The van der Waals surface area contributed by atoms with Crippen molar-refractivity contribution in [2.45, 2.75) is 82.8 Å². The minimum Gasteiger partial charge on any atom is -0.393 e. The Bertz CT molecular complexity index is 258. The van der Waals surface area contributed by atoms with Crippen molar-refractivity contribution in [2.24, 2.45) is 5.92 Å². The highest BCUT2D eigenvalue weighted by atomic mass is 32.2. The van der Waals surface area contributed by atoms with Gasteiger partial charge in [0.05, 0.1) is 11.7 Å². The van der Waals surface area contributed by atoms with Gasteiger partial charge in [0.1, 0.15) is 0 Å². The predicted molar refractivity (Wildman–Crippen MR) is 87.3 cm³/mol. The van der Waals surface area contributed by atoms with E-state index in [0.717, 1.165) is 25.9 Å². The third-order valence-corrected chi connectivity index (χ3v) is 6.07. The normalized spacial score (nSPS) is 27.6. The summed E-state index contributed by atoms with van der Waals surface area (Å²) in [5.41, 5.74) is 0.122. The molecule has 0 bridgehead atoms. The second kappa shape index (κ2) is 8.65. The fourth-order valence-corrected chi connectivity index (χ4v) is 4.92. The molecule has 20 heavy (non-hydrogen) atoms. The molecule has 0 aromatic rings. The van der Waals surface area contributed by atoms with E-state index < -0.39 is 0 Å². The number of ether oxygens (including phenoxy) is 1. The van der Waals surface area contributed by atoms with Gasteiger partial charge in [0.15, 0.2) is 0 Å². The lowest BCUT2D eigenvalue weighted by Gasteiger charge is -2.44. The molecule has 2 fully saturated rings. The Kier molecular flexibility index (Phi) is 7.20. The Hall–Kier alpha value is 0.270. The lowest BCUT2D eigenvalue weighted by Crippen LogP contribution is -2.45. The Morgan fingerprint density at radius 3 is 2.70 bits per heavy atom. The summed E-state index contributed by atoms with van der Waals surface area (Å²) in [5, 5.41) is 10.5. The SMILES string of the molecule is CCCCCCCC(O)C1CCOC2(CCSCC2)C1. The quantitative estimate of drug-likeness (QED) is 0.707. The van der Waals surface area contributed by atoms with Crippen LogP contribution in [0.3, 0.4) is 0 Å². The van der Waals surface area contributed by atoms with Crippen LogP contribution in [0.25, 0.3) is 0 Å². The predicted octanol–water partition coefficient (Wildman–Crippen LogP) is 4.40. The van der Waals surface area contributed by atoms with E-state index in [4.69, 9.17) is 4.74 Å². The summed E-state index contributed by atoms with van der Waals surface area (Å²) in [4.78, 5) is 0. The van der Waals surface area contributed by atoms with E-state index in [1.165, 1.54) is 56.5 Å². The fraction of sp³-hybridized carbons (Fsp3) is 1.00. The summed E-state index contributed by atoms with van der Waals surface area (Å²) in [6.45, 7) is 3.11. The van der Waals surface area contributed by atoms with E-state index in [1.54, 1.807) is 0 Å². The maximum absolute atomic E-state index is 10.5. The zero-order valence-electron chi connectivity index (χ0n) is 13.1. The van der Waals surface area contributed by atoms with E-state index in [1.807, 2.05) is 0 Å². The van der Waals surface area contributed by atoms with Gasteiger partial charge in [-0.1, -0.05) is 39.0 Å². The van der Waals surface area contributed by atoms with Crippen LogP contribution < -0.4 is 0 Å². The van der Waals surface area contributed by atoms with Gasteiger partial charge in [0.25, 0.3) is 0 Å². The summed E-state index contributed by atoms with van der Waals surface area (Å²) in [5.74, 6) is 2.96. The lowest BCUT2D eigenvalue weighted by atomic mass is 9.78. The number of hydrogen-bond acceptors (Lipinski definition) is 3. The van der Waals surface area contributed by atoms with E-state index in [9.17, 15) is 5.11 Å². The molecule has 0 amide bonds. The molecule has 2 unspecified atom stereocenters. The first-order chi connectivity index (χ1) is 9.76. The zero-order chi connectivity index (χ0) is 14.3. The number of rotatable bonds is 7. The number of unbranched alkanes of at least 4 members (excludes halogenated alkanes) is 4. The molecule has 0 aromatic carbocycles. The summed E-state index contributed by atoms with van der Waals surface area (Å²) >= 11 is 2.05. The first kappa shape index (κ1) is 16.6. The maximum Gasteiger partial charge on any atom is 0.0701 e. The van der Waals surface area contributed by atoms with E-state index in [-0.39, 0.29) is 11.7 Å². The molecule has 2 aliphatic rings. The molecule has 0 aromatic heterocycles. The van der Waals surface area contributed by atoms with Gasteiger partial charge in [0.2, 0.25) is 0 Å². The zero-order valence-corrected chi connectivity index (χ0v) is 13.9. The second-order valence-electron chi connectivity index (χ2n) is 6.67. The molecule has 3 heteroatoms. The Morgan fingerprint density at radius 1 is 1.20 bits per heavy atom. The minimum atomic E-state index is -0.0908. The highest BCUT2D eigenvalue weighted by Crippen LogP contribution is 2.41. The number of thioether (sulfide) groups is 1. The van der Waals surface area contributed by atoms with Gasteiger partial charge in [0, 0.05) is 6.61 Å². The van der Waals surface area contributed by atoms with Crippen LogP contribution in [-0.2, 0) is 4.74 Å². The van der Waals surface area contributed by atoms with Gasteiger partial charge >= 0.3 is 0 Å². The minimum absolute atomic E-state index is 0.0908. The van der Waals surface area contributed by atoms with Crippen molar-refractivity contribution in [2.75, 3.05) is 18.1 Å². The summed E-state index contributed by atoms with van der Waals surface area (Å²) in [7, 11) is 0. The van der Waals surface area contributed by atoms with Crippen LogP contribution >= 0.6 is 11.8 Å². The molecule has 1 spiro atoms. The van der Waals surface area contributed by atoms with Crippen molar-refractivity contribution in [3.8, 4) is 0 Å². The number of hydrogen-bond donors (Lipinski definition) is 1. The van der Waals surface area contributed by atoms with Gasteiger partial charge in [-0.05, 0) is 49.5 Å². The second-order valence-corrected chi connectivity index (χ2v) is 7.89. The van der Waals surface area contributed by atoms with Gasteiger partial charge < -0.3 is 9.84 Å². The van der Waals surface area contributed by atoms with Crippen LogP contribution in [0.4, 0.5) is 0 Å². The topological polar surface area (TPSA) is 29.5 Å². The highest BCUT2D eigenvalue weighted by Gasteiger charge is 2.40.